The van der Waals surface area contributed by atoms with Crippen LogP contribution in [0.1, 0.15) is 51.2 Å². The first-order valence-electron chi connectivity index (χ1n) is 9.66. The minimum absolute atomic E-state index is 0.0138. The smallest absolute Gasteiger partial charge is 0.125 e. The molecule has 0 amide bonds. The van der Waals surface area contributed by atoms with E-state index in [9.17, 15) is 0 Å². The molecular formula is C22H35NO4. The molecule has 1 atom stereocenters. The predicted molar refractivity (Wildman–Crippen MR) is 111 cm³/mol. The number of nitrogens with zero attached hydrogens (tertiary/aromatic N) is 1. The first-order valence-corrected chi connectivity index (χ1v) is 9.66. The lowest BCUT2D eigenvalue weighted by molar-refractivity contribution is 0.0999. The van der Waals surface area contributed by atoms with Crippen LogP contribution >= 0.6 is 0 Å². The van der Waals surface area contributed by atoms with Crippen LogP contribution < -0.4 is 9.47 Å². The van der Waals surface area contributed by atoms with Crippen molar-refractivity contribution in [3.63, 3.8) is 0 Å². The third-order valence-corrected chi connectivity index (χ3v) is 4.24. The summed E-state index contributed by atoms with van der Waals surface area (Å²) in [5.74, 6) is 1.85. The normalized spacial score (nSPS) is 13.0. The third-order valence-electron chi connectivity index (χ3n) is 4.24. The van der Waals surface area contributed by atoms with Gasteiger partial charge in [0.2, 0.25) is 0 Å². The highest BCUT2D eigenvalue weighted by molar-refractivity contribution is 5.85. The van der Waals surface area contributed by atoms with E-state index in [2.05, 4.69) is 19.0 Å². The number of benzene rings is 1. The molecular weight excluding hydrogens is 342 g/mol. The number of ether oxygens (including phenoxy) is 3. The molecule has 152 valence electrons. The number of allylic oxidation sites excluding steroid dienone is 1. The molecule has 0 heterocycles. The van der Waals surface area contributed by atoms with E-state index in [1.54, 1.807) is 7.11 Å². The van der Waals surface area contributed by atoms with Crippen LogP contribution in [0.25, 0.3) is 0 Å². The minimum atomic E-state index is -0.0138. The summed E-state index contributed by atoms with van der Waals surface area (Å²) in [5.41, 5.74) is 3.07. The summed E-state index contributed by atoms with van der Waals surface area (Å²) in [7, 11) is 1.55. The molecule has 0 bridgehead atoms. The van der Waals surface area contributed by atoms with Crippen LogP contribution in [0.15, 0.2) is 29.4 Å². The molecule has 0 spiro atoms. The fourth-order valence-corrected chi connectivity index (χ4v) is 2.62. The van der Waals surface area contributed by atoms with Crippen molar-refractivity contribution in [2.75, 3.05) is 26.9 Å². The number of oxime groups is 1. The van der Waals surface area contributed by atoms with E-state index < -0.39 is 0 Å². The molecule has 5 heteroatoms. The molecule has 0 saturated carbocycles. The molecule has 0 aliphatic rings. The van der Waals surface area contributed by atoms with Gasteiger partial charge in [0.25, 0.3) is 0 Å². The Labute approximate surface area is 164 Å². The summed E-state index contributed by atoms with van der Waals surface area (Å²) in [6.07, 6.45) is 7.03. The molecule has 0 N–H and O–H groups in total. The number of aryl methyl sites for hydroxylation is 2. The average molecular weight is 378 g/mol. The predicted octanol–water partition coefficient (Wildman–Crippen LogP) is 5.23. The van der Waals surface area contributed by atoms with Gasteiger partial charge in [0.1, 0.15) is 25.2 Å². The number of hydrogen-bond donors (Lipinski definition) is 0. The highest BCUT2D eigenvalue weighted by Crippen LogP contribution is 2.28. The Balaban J connectivity index is 2.29. The van der Waals surface area contributed by atoms with Crippen LogP contribution in [0, 0.1) is 13.8 Å². The van der Waals surface area contributed by atoms with Crippen LogP contribution in [-0.4, -0.2) is 38.7 Å². The van der Waals surface area contributed by atoms with Crippen molar-refractivity contribution in [3.8, 4) is 11.5 Å². The lowest BCUT2D eigenvalue weighted by atomic mass is 10.1. The van der Waals surface area contributed by atoms with Crippen molar-refractivity contribution < 1.29 is 19.0 Å². The lowest BCUT2D eigenvalue weighted by Gasteiger charge is -2.15. The molecule has 1 unspecified atom stereocenters. The number of unbranched alkanes of at least 4 members (excludes halogenated alkanes) is 2. The fraction of sp³-hybridized carbons (Fsp3) is 0.591. The molecule has 0 aliphatic carbocycles. The second kappa shape index (κ2) is 13.2. The molecule has 0 aliphatic heterocycles. The van der Waals surface area contributed by atoms with Gasteiger partial charge in [-0.2, -0.15) is 0 Å². The summed E-state index contributed by atoms with van der Waals surface area (Å²) >= 11 is 0. The Hall–Kier alpha value is -2.01. The van der Waals surface area contributed by atoms with Gasteiger partial charge >= 0.3 is 0 Å². The van der Waals surface area contributed by atoms with Crippen LogP contribution in [-0.2, 0) is 9.57 Å². The van der Waals surface area contributed by atoms with Crippen molar-refractivity contribution in [2.24, 2.45) is 5.16 Å². The molecule has 0 saturated heterocycles. The Morgan fingerprint density at radius 2 is 1.74 bits per heavy atom. The maximum Gasteiger partial charge on any atom is 0.125 e. The first-order chi connectivity index (χ1) is 13.0. The summed E-state index contributed by atoms with van der Waals surface area (Å²) < 4.78 is 17.5. The van der Waals surface area contributed by atoms with E-state index in [0.29, 0.717) is 19.8 Å². The largest absolute Gasteiger partial charge is 0.493 e. The van der Waals surface area contributed by atoms with Crippen molar-refractivity contribution in [1.82, 2.24) is 0 Å². The lowest BCUT2D eigenvalue weighted by Crippen LogP contribution is -2.18. The maximum absolute atomic E-state index is 6.00. The van der Waals surface area contributed by atoms with Crippen molar-refractivity contribution in [1.29, 1.82) is 0 Å². The Kier molecular flexibility index (Phi) is 11.3. The van der Waals surface area contributed by atoms with Gasteiger partial charge in [0, 0.05) is 6.61 Å². The van der Waals surface area contributed by atoms with Gasteiger partial charge in [-0.05, 0) is 77.1 Å². The van der Waals surface area contributed by atoms with Gasteiger partial charge in [-0.1, -0.05) is 17.3 Å². The molecule has 1 rings (SSSR count). The molecule has 0 radical (unpaired) electrons. The zero-order valence-corrected chi connectivity index (χ0v) is 17.7. The topological polar surface area (TPSA) is 49.3 Å². The molecule has 1 aromatic carbocycles. The zero-order valence-electron chi connectivity index (χ0n) is 17.7. The molecule has 0 aromatic heterocycles. The quantitative estimate of drug-likeness (QED) is 0.204. The van der Waals surface area contributed by atoms with E-state index in [-0.39, 0.29) is 6.10 Å². The van der Waals surface area contributed by atoms with Gasteiger partial charge in [0.15, 0.2) is 0 Å². The molecule has 0 fully saturated rings. The minimum Gasteiger partial charge on any atom is -0.493 e. The van der Waals surface area contributed by atoms with Gasteiger partial charge in [0.05, 0.1) is 18.4 Å². The molecule has 27 heavy (non-hydrogen) atoms. The maximum atomic E-state index is 6.00. The second-order valence-corrected chi connectivity index (χ2v) is 6.60. The molecule has 1 aromatic rings. The standard InChI is InChI=1S/C22H35NO4/c1-7-8-12-26-21-15-17(2)22(18(3)16-21)27-14-11-9-10-13-25-20(5)19(4)23-24-6/h7-8,15-16,20H,9-14H2,1-6H3/b8-7+,23-19+. The zero-order chi connectivity index (χ0) is 20.1. The number of rotatable bonds is 13. The first kappa shape index (κ1) is 23.0. The van der Waals surface area contributed by atoms with E-state index >= 15 is 0 Å². The van der Waals surface area contributed by atoms with Crippen LogP contribution in [0.4, 0.5) is 0 Å². The van der Waals surface area contributed by atoms with Gasteiger partial charge in [-0.3, -0.25) is 0 Å². The number of hydrogen-bond acceptors (Lipinski definition) is 5. The van der Waals surface area contributed by atoms with E-state index in [1.807, 2.05) is 45.1 Å². The van der Waals surface area contributed by atoms with Crippen LogP contribution in [0.3, 0.4) is 0 Å². The van der Waals surface area contributed by atoms with Crippen LogP contribution in [0.2, 0.25) is 0 Å². The second-order valence-electron chi connectivity index (χ2n) is 6.60. The Bertz CT molecular complexity index is 587. The van der Waals surface area contributed by atoms with Crippen molar-refractivity contribution in [3.05, 3.63) is 35.4 Å². The van der Waals surface area contributed by atoms with Gasteiger partial charge in [-0.25, -0.2) is 0 Å². The Morgan fingerprint density at radius 3 is 2.37 bits per heavy atom. The monoisotopic (exact) mass is 377 g/mol. The highest BCUT2D eigenvalue weighted by Gasteiger charge is 2.08. The van der Waals surface area contributed by atoms with Gasteiger partial charge < -0.3 is 19.0 Å². The van der Waals surface area contributed by atoms with Crippen molar-refractivity contribution in [2.45, 2.75) is 60.0 Å². The van der Waals surface area contributed by atoms with E-state index in [0.717, 1.165) is 47.6 Å². The highest BCUT2D eigenvalue weighted by atomic mass is 16.6. The summed E-state index contributed by atoms with van der Waals surface area (Å²) in [6.45, 7) is 12.0. The fourth-order valence-electron chi connectivity index (χ4n) is 2.62. The summed E-state index contributed by atoms with van der Waals surface area (Å²) in [4.78, 5) is 4.76. The third kappa shape index (κ3) is 8.96. The van der Waals surface area contributed by atoms with Crippen LogP contribution in [0.5, 0.6) is 11.5 Å². The SMILES string of the molecule is C/C=C/COc1cc(C)c(OCCCCCOC(C)/C(C)=N/OC)c(C)c1. The Morgan fingerprint density at radius 1 is 1.07 bits per heavy atom. The van der Waals surface area contributed by atoms with E-state index in [1.165, 1.54) is 0 Å². The summed E-state index contributed by atoms with van der Waals surface area (Å²) in [6, 6.07) is 4.07. The summed E-state index contributed by atoms with van der Waals surface area (Å²) in [5, 5.41) is 3.89. The molecule has 5 nitrogen and oxygen atoms in total. The van der Waals surface area contributed by atoms with E-state index in [4.69, 9.17) is 19.0 Å². The van der Waals surface area contributed by atoms with Gasteiger partial charge in [-0.15, -0.1) is 0 Å². The van der Waals surface area contributed by atoms with Crippen molar-refractivity contribution >= 4 is 5.71 Å². The average Bonchev–Trinajstić information content (AvgIpc) is 2.63.